The number of carbonyl (C=O) groups excluding carboxylic acids is 1. The Labute approximate surface area is 145 Å². The van der Waals surface area contributed by atoms with Gasteiger partial charge in [0.05, 0.1) is 23.2 Å². The second-order valence-electron chi connectivity index (χ2n) is 4.61. The van der Waals surface area contributed by atoms with Crippen LogP contribution in [-0.4, -0.2) is 25.7 Å². The second kappa shape index (κ2) is 8.65. The number of benzene rings is 2. The maximum absolute atomic E-state index is 12.1. The molecule has 2 aromatic carbocycles. The Kier molecular flexibility index (Phi) is 6.56. The van der Waals surface area contributed by atoms with Crippen molar-refractivity contribution in [2.24, 2.45) is 0 Å². The van der Waals surface area contributed by atoms with E-state index in [1.807, 2.05) is 19.1 Å². The van der Waals surface area contributed by atoms with Crippen LogP contribution in [0.3, 0.4) is 0 Å². The molecule has 0 spiro atoms. The van der Waals surface area contributed by atoms with Crippen molar-refractivity contribution in [3.05, 3.63) is 58.1 Å². The van der Waals surface area contributed by atoms with Gasteiger partial charge in [-0.25, -0.2) is 0 Å². The summed E-state index contributed by atoms with van der Waals surface area (Å²) in [4.78, 5) is 12.1. The molecule has 23 heavy (non-hydrogen) atoms. The third-order valence-corrected chi connectivity index (χ3v) is 3.58. The largest absolute Gasteiger partial charge is 0.492 e. The second-order valence-corrected chi connectivity index (χ2v) is 5.43. The Morgan fingerprint density at radius 3 is 2.48 bits per heavy atom. The van der Waals surface area contributed by atoms with Crippen LogP contribution in [0.25, 0.3) is 0 Å². The first-order valence-electron chi connectivity index (χ1n) is 7.19. The van der Waals surface area contributed by atoms with Gasteiger partial charge in [-0.15, -0.1) is 0 Å². The summed E-state index contributed by atoms with van der Waals surface area (Å²) < 4.78 is 10.8. The summed E-state index contributed by atoms with van der Waals surface area (Å²) in [6, 6.07) is 12.1. The molecule has 0 unspecified atom stereocenters. The van der Waals surface area contributed by atoms with Crippen LogP contribution < -0.4 is 14.8 Å². The SMILES string of the molecule is CCOc1ccc(C(=O)NCCOc2ccccc2Cl)cc1Cl. The highest BCUT2D eigenvalue weighted by Crippen LogP contribution is 2.25. The molecule has 0 saturated carbocycles. The highest BCUT2D eigenvalue weighted by Gasteiger charge is 2.09. The highest BCUT2D eigenvalue weighted by atomic mass is 35.5. The lowest BCUT2D eigenvalue weighted by Crippen LogP contribution is -2.28. The van der Waals surface area contributed by atoms with E-state index in [4.69, 9.17) is 32.7 Å². The van der Waals surface area contributed by atoms with Gasteiger partial charge in [0.15, 0.2) is 0 Å². The molecule has 2 aromatic rings. The lowest BCUT2D eigenvalue weighted by Gasteiger charge is -2.10. The highest BCUT2D eigenvalue weighted by molar-refractivity contribution is 6.32. The van der Waals surface area contributed by atoms with Crippen molar-refractivity contribution >= 4 is 29.1 Å². The molecule has 0 aromatic heterocycles. The lowest BCUT2D eigenvalue weighted by atomic mass is 10.2. The lowest BCUT2D eigenvalue weighted by molar-refractivity contribution is 0.0947. The maximum atomic E-state index is 12.1. The Bertz CT molecular complexity index is 677. The van der Waals surface area contributed by atoms with Gasteiger partial charge in [-0.05, 0) is 37.3 Å². The average Bonchev–Trinajstić information content (AvgIpc) is 2.55. The first kappa shape index (κ1) is 17.4. The number of nitrogens with one attached hydrogen (secondary N) is 1. The van der Waals surface area contributed by atoms with Crippen LogP contribution in [0.2, 0.25) is 10.0 Å². The number of halogens is 2. The van der Waals surface area contributed by atoms with E-state index in [9.17, 15) is 4.79 Å². The Balaban J connectivity index is 1.83. The van der Waals surface area contributed by atoms with E-state index >= 15 is 0 Å². The molecule has 122 valence electrons. The molecule has 0 saturated heterocycles. The summed E-state index contributed by atoms with van der Waals surface area (Å²) in [5.74, 6) is 0.929. The Morgan fingerprint density at radius 1 is 1.04 bits per heavy atom. The standard InChI is InChI=1S/C17H17Cl2NO3/c1-2-22-16-8-7-12(11-14(16)19)17(21)20-9-10-23-15-6-4-3-5-13(15)18/h3-8,11H,2,9-10H2,1H3,(H,20,21). The molecule has 6 heteroatoms. The fourth-order valence-electron chi connectivity index (χ4n) is 1.90. The van der Waals surface area contributed by atoms with Crippen molar-refractivity contribution in [1.29, 1.82) is 0 Å². The van der Waals surface area contributed by atoms with Gasteiger partial charge in [0.2, 0.25) is 0 Å². The number of hydrogen-bond acceptors (Lipinski definition) is 3. The quantitative estimate of drug-likeness (QED) is 0.758. The summed E-state index contributed by atoms with van der Waals surface area (Å²) in [6.07, 6.45) is 0. The van der Waals surface area contributed by atoms with Gasteiger partial charge in [-0.3, -0.25) is 4.79 Å². The van der Waals surface area contributed by atoms with Crippen molar-refractivity contribution in [3.63, 3.8) is 0 Å². The molecule has 1 N–H and O–H groups in total. The number of ether oxygens (including phenoxy) is 2. The summed E-state index contributed by atoms with van der Waals surface area (Å²) in [5.41, 5.74) is 0.469. The molecular weight excluding hydrogens is 337 g/mol. The minimum absolute atomic E-state index is 0.224. The van der Waals surface area contributed by atoms with Gasteiger partial charge in [-0.1, -0.05) is 35.3 Å². The number of amides is 1. The molecule has 0 radical (unpaired) electrons. The summed E-state index contributed by atoms with van der Waals surface area (Å²) in [6.45, 7) is 3.07. The fraction of sp³-hybridized carbons (Fsp3) is 0.235. The van der Waals surface area contributed by atoms with Gasteiger partial charge in [0.1, 0.15) is 18.1 Å². The first-order chi connectivity index (χ1) is 11.1. The van der Waals surface area contributed by atoms with Crippen molar-refractivity contribution < 1.29 is 14.3 Å². The first-order valence-corrected chi connectivity index (χ1v) is 7.95. The molecule has 0 atom stereocenters. The van der Waals surface area contributed by atoms with Crippen molar-refractivity contribution in [3.8, 4) is 11.5 Å². The van der Waals surface area contributed by atoms with E-state index in [1.54, 1.807) is 30.3 Å². The Hall–Kier alpha value is -1.91. The van der Waals surface area contributed by atoms with Gasteiger partial charge in [0.25, 0.3) is 5.91 Å². The average molecular weight is 354 g/mol. The predicted octanol–water partition coefficient (Wildman–Crippen LogP) is 4.20. The van der Waals surface area contributed by atoms with Crippen LogP contribution in [0.5, 0.6) is 11.5 Å². The molecule has 0 aliphatic heterocycles. The van der Waals surface area contributed by atoms with E-state index < -0.39 is 0 Å². The summed E-state index contributed by atoms with van der Waals surface area (Å²) in [7, 11) is 0. The molecule has 0 fully saturated rings. The smallest absolute Gasteiger partial charge is 0.251 e. The molecule has 2 rings (SSSR count). The van der Waals surface area contributed by atoms with Gasteiger partial charge in [-0.2, -0.15) is 0 Å². The minimum atomic E-state index is -0.224. The minimum Gasteiger partial charge on any atom is -0.492 e. The predicted molar refractivity (Wildman–Crippen MR) is 91.9 cm³/mol. The van der Waals surface area contributed by atoms with E-state index in [0.29, 0.717) is 46.9 Å². The monoisotopic (exact) mass is 353 g/mol. The van der Waals surface area contributed by atoms with Crippen LogP contribution >= 0.6 is 23.2 Å². The van der Waals surface area contributed by atoms with Gasteiger partial charge in [0, 0.05) is 5.56 Å². The number of carbonyl (C=O) groups is 1. The normalized spacial score (nSPS) is 10.2. The third-order valence-electron chi connectivity index (χ3n) is 2.98. The maximum Gasteiger partial charge on any atom is 0.251 e. The van der Waals surface area contributed by atoms with E-state index in [1.165, 1.54) is 0 Å². The zero-order chi connectivity index (χ0) is 16.7. The zero-order valence-electron chi connectivity index (χ0n) is 12.6. The zero-order valence-corrected chi connectivity index (χ0v) is 14.2. The molecule has 0 bridgehead atoms. The van der Waals surface area contributed by atoms with Crippen molar-refractivity contribution in [2.75, 3.05) is 19.8 Å². The summed E-state index contributed by atoms with van der Waals surface area (Å²) in [5, 5.41) is 3.71. The molecular formula is C17H17Cl2NO3. The number of rotatable bonds is 7. The van der Waals surface area contributed by atoms with Crippen molar-refractivity contribution in [2.45, 2.75) is 6.92 Å². The molecule has 0 aliphatic rings. The molecule has 0 aliphatic carbocycles. The van der Waals surface area contributed by atoms with Gasteiger partial charge >= 0.3 is 0 Å². The van der Waals surface area contributed by atoms with Crippen LogP contribution in [0, 0.1) is 0 Å². The molecule has 1 amide bonds. The number of para-hydroxylation sites is 1. The molecule has 0 heterocycles. The topological polar surface area (TPSA) is 47.6 Å². The number of hydrogen-bond donors (Lipinski definition) is 1. The van der Waals surface area contributed by atoms with Crippen LogP contribution in [-0.2, 0) is 0 Å². The summed E-state index contributed by atoms with van der Waals surface area (Å²) >= 11 is 12.0. The van der Waals surface area contributed by atoms with E-state index in [2.05, 4.69) is 5.32 Å². The van der Waals surface area contributed by atoms with Crippen molar-refractivity contribution in [1.82, 2.24) is 5.32 Å². The fourth-order valence-corrected chi connectivity index (χ4v) is 2.33. The van der Waals surface area contributed by atoms with Crippen LogP contribution in [0.1, 0.15) is 17.3 Å². The third kappa shape index (κ3) is 5.05. The van der Waals surface area contributed by atoms with Gasteiger partial charge < -0.3 is 14.8 Å². The van der Waals surface area contributed by atoms with Crippen LogP contribution in [0.15, 0.2) is 42.5 Å². The van der Waals surface area contributed by atoms with Crippen LogP contribution in [0.4, 0.5) is 0 Å². The van der Waals surface area contributed by atoms with E-state index in [0.717, 1.165) is 0 Å². The van der Waals surface area contributed by atoms with E-state index in [-0.39, 0.29) is 5.91 Å². The Morgan fingerprint density at radius 2 is 1.78 bits per heavy atom. The molecule has 4 nitrogen and oxygen atoms in total.